The quantitative estimate of drug-likeness (QED) is 0.556. The van der Waals surface area contributed by atoms with Crippen molar-refractivity contribution in [1.82, 2.24) is 15.4 Å². The summed E-state index contributed by atoms with van der Waals surface area (Å²) in [6.45, 7) is 2.11. The molecule has 0 saturated heterocycles. The first-order valence-electron chi connectivity index (χ1n) is 6.34. The van der Waals surface area contributed by atoms with E-state index in [1.165, 1.54) is 11.1 Å². The highest BCUT2D eigenvalue weighted by Crippen LogP contribution is 2.21. The van der Waals surface area contributed by atoms with E-state index in [2.05, 4.69) is 22.3 Å². The molecule has 0 amide bonds. The van der Waals surface area contributed by atoms with Crippen LogP contribution in [0.1, 0.15) is 29.7 Å². The second kappa shape index (κ2) is 6.26. The molecular formula is C14H19N5. The van der Waals surface area contributed by atoms with Crippen molar-refractivity contribution in [2.75, 3.05) is 5.73 Å². The van der Waals surface area contributed by atoms with Crippen molar-refractivity contribution < 1.29 is 0 Å². The van der Waals surface area contributed by atoms with E-state index in [0.29, 0.717) is 5.82 Å². The number of nitrogen functional groups attached to an aromatic ring is 1. The third kappa shape index (κ3) is 3.27. The third-order valence-electron chi connectivity index (χ3n) is 3.18. The van der Waals surface area contributed by atoms with Crippen LogP contribution in [0.3, 0.4) is 0 Å². The zero-order valence-corrected chi connectivity index (χ0v) is 11.0. The lowest BCUT2D eigenvalue weighted by Crippen LogP contribution is -2.30. The molecule has 2 rings (SSSR count). The molecule has 5 nitrogen and oxygen atoms in total. The van der Waals surface area contributed by atoms with Gasteiger partial charge in [-0.15, -0.1) is 0 Å². The van der Waals surface area contributed by atoms with Gasteiger partial charge in [0.05, 0.1) is 6.04 Å². The van der Waals surface area contributed by atoms with Crippen molar-refractivity contribution in [3.8, 4) is 0 Å². The summed E-state index contributed by atoms with van der Waals surface area (Å²) in [6.07, 6.45) is 7.09. The Morgan fingerprint density at radius 3 is 2.84 bits per heavy atom. The van der Waals surface area contributed by atoms with Gasteiger partial charge in [-0.1, -0.05) is 6.92 Å². The van der Waals surface area contributed by atoms with Gasteiger partial charge in [0.1, 0.15) is 5.82 Å². The molecule has 0 radical (unpaired) electrons. The summed E-state index contributed by atoms with van der Waals surface area (Å²) in [5, 5.41) is 0. The first kappa shape index (κ1) is 13.5. The summed E-state index contributed by atoms with van der Waals surface area (Å²) < 4.78 is 0. The standard InChI is InChI=1S/C14H19N5/c1-2-11-9-17-5-4-12(11)13(19-16)7-10-3-6-18-14(15)8-10/h3-6,8-9,13,19H,2,7,16H2,1H3,(H2,15,18). The number of aryl methyl sites for hydroxylation is 1. The van der Waals surface area contributed by atoms with Crippen LogP contribution >= 0.6 is 0 Å². The SMILES string of the molecule is CCc1cnccc1C(Cc1ccnc(N)c1)NN. The first-order chi connectivity index (χ1) is 9.24. The monoisotopic (exact) mass is 257 g/mol. The topological polar surface area (TPSA) is 89.8 Å². The maximum atomic E-state index is 5.70. The lowest BCUT2D eigenvalue weighted by atomic mass is 9.96. The highest BCUT2D eigenvalue weighted by atomic mass is 15.2. The minimum Gasteiger partial charge on any atom is -0.384 e. The van der Waals surface area contributed by atoms with Crippen molar-refractivity contribution in [1.29, 1.82) is 0 Å². The third-order valence-corrected chi connectivity index (χ3v) is 3.18. The van der Waals surface area contributed by atoms with E-state index >= 15 is 0 Å². The fraction of sp³-hybridized carbons (Fsp3) is 0.286. The van der Waals surface area contributed by atoms with Crippen LogP contribution in [-0.4, -0.2) is 9.97 Å². The summed E-state index contributed by atoms with van der Waals surface area (Å²) in [7, 11) is 0. The van der Waals surface area contributed by atoms with Gasteiger partial charge >= 0.3 is 0 Å². The van der Waals surface area contributed by atoms with E-state index in [4.69, 9.17) is 11.6 Å². The van der Waals surface area contributed by atoms with Gasteiger partial charge in [0.15, 0.2) is 0 Å². The Bertz CT molecular complexity index is 541. The molecule has 1 atom stereocenters. The summed E-state index contributed by atoms with van der Waals surface area (Å²) in [5.41, 5.74) is 12.1. The fourth-order valence-electron chi connectivity index (χ4n) is 2.19. The van der Waals surface area contributed by atoms with Gasteiger partial charge in [-0.05, 0) is 47.7 Å². The largest absolute Gasteiger partial charge is 0.384 e. The molecule has 0 spiro atoms. The second-order valence-corrected chi connectivity index (χ2v) is 4.44. The lowest BCUT2D eigenvalue weighted by molar-refractivity contribution is 0.547. The zero-order valence-electron chi connectivity index (χ0n) is 11.0. The molecular weight excluding hydrogens is 238 g/mol. The number of hydrazine groups is 1. The minimum atomic E-state index is 0.0414. The molecule has 2 heterocycles. The van der Waals surface area contributed by atoms with Crippen LogP contribution in [0.4, 0.5) is 5.82 Å². The molecule has 100 valence electrons. The van der Waals surface area contributed by atoms with E-state index in [9.17, 15) is 0 Å². The van der Waals surface area contributed by atoms with Crippen LogP contribution in [0.15, 0.2) is 36.8 Å². The zero-order chi connectivity index (χ0) is 13.7. The molecule has 19 heavy (non-hydrogen) atoms. The van der Waals surface area contributed by atoms with Gasteiger partial charge < -0.3 is 5.73 Å². The average Bonchev–Trinajstić information content (AvgIpc) is 2.45. The van der Waals surface area contributed by atoms with Crippen LogP contribution in [0.5, 0.6) is 0 Å². The van der Waals surface area contributed by atoms with Crippen LogP contribution in [0.2, 0.25) is 0 Å². The lowest BCUT2D eigenvalue weighted by Gasteiger charge is -2.19. The van der Waals surface area contributed by atoms with Crippen molar-refractivity contribution in [2.45, 2.75) is 25.8 Å². The molecule has 0 aromatic carbocycles. The number of pyridine rings is 2. The molecule has 0 aliphatic carbocycles. The van der Waals surface area contributed by atoms with Crippen LogP contribution in [0.25, 0.3) is 0 Å². The normalized spacial score (nSPS) is 12.3. The van der Waals surface area contributed by atoms with Crippen molar-refractivity contribution in [2.24, 2.45) is 5.84 Å². The number of anilines is 1. The molecule has 2 aromatic rings. The highest BCUT2D eigenvalue weighted by molar-refractivity contribution is 5.34. The number of hydrogen-bond acceptors (Lipinski definition) is 5. The Morgan fingerprint density at radius 1 is 1.32 bits per heavy atom. The van der Waals surface area contributed by atoms with Gasteiger partial charge in [-0.25, -0.2) is 4.98 Å². The molecule has 0 aliphatic heterocycles. The van der Waals surface area contributed by atoms with E-state index in [0.717, 1.165) is 18.4 Å². The maximum Gasteiger partial charge on any atom is 0.123 e. The first-order valence-corrected chi connectivity index (χ1v) is 6.34. The van der Waals surface area contributed by atoms with Crippen molar-refractivity contribution in [3.05, 3.63) is 53.5 Å². The minimum absolute atomic E-state index is 0.0414. The van der Waals surface area contributed by atoms with Crippen molar-refractivity contribution >= 4 is 5.82 Å². The van der Waals surface area contributed by atoms with E-state index < -0.39 is 0 Å². The van der Waals surface area contributed by atoms with E-state index in [1.807, 2.05) is 24.4 Å². The number of nitrogens with one attached hydrogen (secondary N) is 1. The predicted octanol–water partition coefficient (Wildman–Crippen LogP) is 1.37. The predicted molar refractivity (Wildman–Crippen MR) is 76.0 cm³/mol. The Balaban J connectivity index is 2.25. The Labute approximate surface area is 113 Å². The molecule has 0 aliphatic rings. The smallest absolute Gasteiger partial charge is 0.123 e. The van der Waals surface area contributed by atoms with Crippen molar-refractivity contribution in [3.63, 3.8) is 0 Å². The van der Waals surface area contributed by atoms with Crippen LogP contribution < -0.4 is 17.0 Å². The summed E-state index contributed by atoms with van der Waals surface area (Å²) in [6, 6.07) is 5.87. The molecule has 5 heteroatoms. The van der Waals surface area contributed by atoms with E-state index in [-0.39, 0.29) is 6.04 Å². The van der Waals surface area contributed by atoms with Crippen LogP contribution in [0, 0.1) is 0 Å². The molecule has 0 saturated carbocycles. The molecule has 0 bridgehead atoms. The Kier molecular flexibility index (Phi) is 4.43. The fourth-order valence-corrected chi connectivity index (χ4v) is 2.19. The van der Waals surface area contributed by atoms with Gasteiger partial charge in [-0.3, -0.25) is 16.3 Å². The van der Waals surface area contributed by atoms with Gasteiger partial charge in [0.2, 0.25) is 0 Å². The highest BCUT2D eigenvalue weighted by Gasteiger charge is 2.14. The Hall–Kier alpha value is -1.98. The van der Waals surface area contributed by atoms with Gasteiger partial charge in [0, 0.05) is 18.6 Å². The number of rotatable bonds is 5. The molecule has 2 aromatic heterocycles. The number of hydrogen-bond donors (Lipinski definition) is 3. The average molecular weight is 257 g/mol. The number of aromatic nitrogens is 2. The maximum absolute atomic E-state index is 5.70. The van der Waals surface area contributed by atoms with Gasteiger partial charge in [0.25, 0.3) is 0 Å². The number of nitrogens with two attached hydrogens (primary N) is 2. The molecule has 0 fully saturated rings. The second-order valence-electron chi connectivity index (χ2n) is 4.44. The summed E-state index contributed by atoms with van der Waals surface area (Å²) in [5.74, 6) is 6.22. The van der Waals surface area contributed by atoms with E-state index in [1.54, 1.807) is 12.4 Å². The Morgan fingerprint density at radius 2 is 2.16 bits per heavy atom. The van der Waals surface area contributed by atoms with Gasteiger partial charge in [-0.2, -0.15) is 0 Å². The molecule has 5 N–H and O–H groups in total. The van der Waals surface area contributed by atoms with Crippen LogP contribution in [-0.2, 0) is 12.8 Å². The number of nitrogens with zero attached hydrogens (tertiary/aromatic N) is 2. The summed E-state index contributed by atoms with van der Waals surface area (Å²) in [4.78, 5) is 8.15. The summed E-state index contributed by atoms with van der Waals surface area (Å²) >= 11 is 0. The molecule has 1 unspecified atom stereocenters.